The summed E-state index contributed by atoms with van der Waals surface area (Å²) in [4.78, 5) is 11.9. The Morgan fingerprint density at radius 1 is 0.898 bits per heavy atom. The lowest BCUT2D eigenvalue weighted by Crippen LogP contribution is -2.69. The van der Waals surface area contributed by atoms with Crippen LogP contribution >= 0.6 is 0 Å². The van der Waals surface area contributed by atoms with Gasteiger partial charge in [-0.1, -0.05) is 6.92 Å². The average Bonchev–Trinajstić information content (AvgIpc) is 3.61. The van der Waals surface area contributed by atoms with Crippen molar-refractivity contribution in [3.63, 3.8) is 0 Å². The molecule has 0 unspecified atom stereocenters. The second-order valence-electron chi connectivity index (χ2n) is 16.3. The number of hydrogen-bond acceptors (Lipinski definition) is 14. The van der Waals surface area contributed by atoms with E-state index in [9.17, 15) is 45.6 Å². The molecule has 0 radical (unpaired) electrons. The summed E-state index contributed by atoms with van der Waals surface area (Å²) in [6.07, 6.45) is -4.56. The Morgan fingerprint density at radius 3 is 2.33 bits per heavy atom. The first kappa shape index (κ1) is 36.1. The van der Waals surface area contributed by atoms with Gasteiger partial charge in [-0.05, 0) is 81.6 Å². The number of fused-ring (bicyclic) bond motifs is 5. The molecular weight excluding hydrogens is 644 g/mol. The Bertz CT molecular complexity index is 1270. The Balaban J connectivity index is 1.000. The van der Waals surface area contributed by atoms with Crippen molar-refractivity contribution in [2.45, 2.75) is 151 Å². The molecule has 0 aromatic carbocycles. The highest BCUT2D eigenvalue weighted by atomic mass is 16.7. The second kappa shape index (κ2) is 13.0. The van der Waals surface area contributed by atoms with Crippen LogP contribution in [0.25, 0.3) is 0 Å². The molecule has 7 rings (SSSR count). The van der Waals surface area contributed by atoms with Gasteiger partial charge in [0.15, 0.2) is 12.6 Å². The summed E-state index contributed by atoms with van der Waals surface area (Å²) in [5.41, 5.74) is -2.49. The summed E-state index contributed by atoms with van der Waals surface area (Å²) in [6.45, 7) is 3.28. The van der Waals surface area contributed by atoms with Crippen molar-refractivity contribution in [2.24, 2.45) is 28.6 Å². The molecule has 7 aliphatic rings. The average molecular weight is 699 g/mol. The SMILES string of the molecule is C[C@@H]1O[C@H](O[C@@H]2CC[C@]3(CO)[C@@H]4CC[C@]5(C)[C@H](C6=CC(=O)OC6)CC[C@@]5(O)[C@H]4CC[C@]3(O)C2)C[C@H](O)[C@H]1O[C@H]1O[C@@H](CO)[C@H](O)[C@@H](O)[C@@H]1O. The van der Waals surface area contributed by atoms with Gasteiger partial charge in [0, 0.05) is 29.7 Å². The first-order valence-corrected chi connectivity index (χ1v) is 18.1. The van der Waals surface area contributed by atoms with Crippen molar-refractivity contribution in [2.75, 3.05) is 19.8 Å². The van der Waals surface area contributed by atoms with Crippen molar-refractivity contribution in [3.05, 3.63) is 11.6 Å². The zero-order chi connectivity index (χ0) is 35.1. The maximum atomic E-state index is 12.5. The highest BCUT2D eigenvalue weighted by molar-refractivity contribution is 5.85. The van der Waals surface area contributed by atoms with Crippen LogP contribution in [-0.4, -0.2) is 139 Å². The maximum Gasteiger partial charge on any atom is 0.331 e. The monoisotopic (exact) mass is 698 g/mol. The third-order valence-corrected chi connectivity index (χ3v) is 14.2. The Labute approximate surface area is 285 Å². The zero-order valence-corrected chi connectivity index (χ0v) is 28.3. The van der Waals surface area contributed by atoms with Gasteiger partial charge in [-0.25, -0.2) is 4.79 Å². The molecular formula is C35H54O14. The zero-order valence-electron chi connectivity index (χ0n) is 28.3. The molecule has 14 heteroatoms. The minimum Gasteiger partial charge on any atom is -0.458 e. The van der Waals surface area contributed by atoms with Crippen LogP contribution in [0.2, 0.25) is 0 Å². The normalized spacial score (nSPS) is 54.4. The molecule has 3 aliphatic heterocycles. The van der Waals surface area contributed by atoms with Crippen LogP contribution in [0.4, 0.5) is 0 Å². The van der Waals surface area contributed by atoms with E-state index in [1.54, 1.807) is 13.0 Å². The molecule has 0 spiro atoms. The lowest BCUT2D eigenvalue weighted by Gasteiger charge is -2.66. The number of cyclic esters (lactones) is 1. The molecule has 0 amide bonds. The van der Waals surface area contributed by atoms with Crippen molar-refractivity contribution in [3.8, 4) is 0 Å². The predicted octanol–water partition coefficient (Wildman–Crippen LogP) is -0.603. The molecule has 4 saturated carbocycles. The van der Waals surface area contributed by atoms with Crippen LogP contribution in [0.1, 0.15) is 78.1 Å². The number of hydrogen-bond donors (Lipinski definition) is 8. The molecule has 0 bridgehead atoms. The van der Waals surface area contributed by atoms with E-state index in [4.69, 9.17) is 23.7 Å². The summed E-state index contributed by atoms with van der Waals surface area (Å²) < 4.78 is 28.9. The van der Waals surface area contributed by atoms with E-state index < -0.39 is 90.1 Å². The minimum atomic E-state index is -1.62. The number of aliphatic hydroxyl groups excluding tert-OH is 6. The first-order valence-electron chi connectivity index (χ1n) is 18.1. The van der Waals surface area contributed by atoms with Gasteiger partial charge in [0.1, 0.15) is 37.1 Å². The summed E-state index contributed by atoms with van der Waals surface area (Å²) in [5, 5.41) is 87.1. The molecule has 17 atom stereocenters. The third kappa shape index (κ3) is 5.56. The molecule has 4 aliphatic carbocycles. The Kier molecular flexibility index (Phi) is 9.57. The van der Waals surface area contributed by atoms with Gasteiger partial charge >= 0.3 is 5.97 Å². The van der Waals surface area contributed by atoms with Crippen LogP contribution in [0.15, 0.2) is 11.6 Å². The van der Waals surface area contributed by atoms with Gasteiger partial charge in [-0.15, -0.1) is 0 Å². The van der Waals surface area contributed by atoms with Gasteiger partial charge < -0.3 is 64.5 Å². The molecule has 0 aromatic heterocycles. The number of esters is 1. The summed E-state index contributed by atoms with van der Waals surface area (Å²) >= 11 is 0. The van der Waals surface area contributed by atoms with Crippen LogP contribution in [0.5, 0.6) is 0 Å². The number of carbonyl (C=O) groups excluding carboxylic acids is 1. The van der Waals surface area contributed by atoms with Crippen LogP contribution in [0.3, 0.4) is 0 Å². The smallest absolute Gasteiger partial charge is 0.331 e. The summed E-state index contributed by atoms with van der Waals surface area (Å²) in [5.74, 6) is -0.460. The topological polar surface area (TPSA) is 225 Å². The second-order valence-corrected chi connectivity index (χ2v) is 16.3. The lowest BCUT2D eigenvalue weighted by atomic mass is 9.41. The van der Waals surface area contributed by atoms with Gasteiger partial charge in [0.2, 0.25) is 0 Å². The van der Waals surface area contributed by atoms with E-state index >= 15 is 0 Å². The van der Waals surface area contributed by atoms with Gasteiger partial charge in [-0.3, -0.25) is 0 Å². The standard InChI is InChI=1S/C35H54O14/c1-17-30(49-31-29(42)28(41)27(40)24(14-36)48-31)23(38)12-26(46-17)47-19-3-8-33(16-37)21-4-7-32(2)20(18-11-25(39)45-15-18)6-10-35(32,44)22(21)5-9-34(33,43)13-19/h11,17,19-24,26-31,36-38,40-44H,3-10,12-16H2,1-2H3/t17-,19+,20-,21+,22-,23-,24-,26+,27-,28+,29-,30-,31+,32+,33-,34-,35+/m0/s1. The maximum absolute atomic E-state index is 12.5. The number of aliphatic hydroxyl groups is 8. The van der Waals surface area contributed by atoms with Crippen LogP contribution in [-0.2, 0) is 28.5 Å². The molecule has 8 N–H and O–H groups in total. The Hall–Kier alpha value is -1.27. The Morgan fingerprint density at radius 2 is 1.65 bits per heavy atom. The fraction of sp³-hybridized carbons (Fsp3) is 0.914. The molecule has 2 saturated heterocycles. The number of ether oxygens (including phenoxy) is 5. The molecule has 49 heavy (non-hydrogen) atoms. The van der Waals surface area contributed by atoms with E-state index in [0.29, 0.717) is 32.1 Å². The summed E-state index contributed by atoms with van der Waals surface area (Å²) in [6, 6.07) is 0. The fourth-order valence-corrected chi connectivity index (χ4v) is 11.5. The predicted molar refractivity (Wildman–Crippen MR) is 167 cm³/mol. The van der Waals surface area contributed by atoms with Crippen molar-refractivity contribution in [1.29, 1.82) is 0 Å². The molecule has 14 nitrogen and oxygen atoms in total. The van der Waals surface area contributed by atoms with E-state index in [1.165, 1.54) is 0 Å². The van der Waals surface area contributed by atoms with E-state index in [-0.39, 0.29) is 49.8 Å². The number of rotatable bonds is 7. The van der Waals surface area contributed by atoms with Gasteiger partial charge in [0.25, 0.3) is 0 Å². The molecule has 0 aromatic rings. The first-order chi connectivity index (χ1) is 23.2. The third-order valence-electron chi connectivity index (χ3n) is 14.2. The van der Waals surface area contributed by atoms with Crippen molar-refractivity contribution >= 4 is 5.97 Å². The van der Waals surface area contributed by atoms with Crippen molar-refractivity contribution < 1.29 is 69.3 Å². The largest absolute Gasteiger partial charge is 0.458 e. The molecule has 6 fully saturated rings. The van der Waals surface area contributed by atoms with E-state index in [1.807, 2.05) is 0 Å². The van der Waals surface area contributed by atoms with E-state index in [2.05, 4.69) is 6.92 Å². The highest BCUT2D eigenvalue weighted by Gasteiger charge is 2.71. The van der Waals surface area contributed by atoms with Gasteiger partial charge in [-0.2, -0.15) is 0 Å². The lowest BCUT2D eigenvalue weighted by molar-refractivity contribution is -0.346. The molecule has 278 valence electrons. The molecule has 3 heterocycles. The fourth-order valence-electron chi connectivity index (χ4n) is 11.5. The quantitative estimate of drug-likeness (QED) is 0.123. The van der Waals surface area contributed by atoms with E-state index in [0.717, 1.165) is 24.8 Å². The minimum absolute atomic E-state index is 0.0249. The van der Waals surface area contributed by atoms with Crippen LogP contribution < -0.4 is 0 Å². The van der Waals surface area contributed by atoms with Crippen LogP contribution in [0, 0.1) is 28.6 Å². The van der Waals surface area contributed by atoms with Crippen molar-refractivity contribution in [1.82, 2.24) is 0 Å². The number of carbonyl (C=O) groups is 1. The highest BCUT2D eigenvalue weighted by Crippen LogP contribution is 2.70. The van der Waals surface area contributed by atoms with Gasteiger partial charge in [0.05, 0.1) is 42.7 Å². The summed E-state index contributed by atoms with van der Waals surface area (Å²) in [7, 11) is 0.